The van der Waals surface area contributed by atoms with E-state index in [1.165, 1.54) is 5.56 Å². The zero-order valence-electron chi connectivity index (χ0n) is 13.8. The van der Waals surface area contributed by atoms with E-state index >= 15 is 0 Å². The van der Waals surface area contributed by atoms with Crippen LogP contribution in [0.2, 0.25) is 0 Å². The summed E-state index contributed by atoms with van der Waals surface area (Å²) in [5.74, 6) is 0. The summed E-state index contributed by atoms with van der Waals surface area (Å²) >= 11 is 0. The Bertz CT molecular complexity index is 499. The van der Waals surface area contributed by atoms with Crippen LogP contribution < -0.4 is 10.9 Å². The van der Waals surface area contributed by atoms with Gasteiger partial charge in [0.15, 0.2) is 0 Å². The summed E-state index contributed by atoms with van der Waals surface area (Å²) in [5.41, 5.74) is 2.41. The van der Waals surface area contributed by atoms with Crippen molar-refractivity contribution in [2.75, 3.05) is 13.1 Å². The minimum Gasteiger partial charge on any atom is -0.326 e. The SMILES string of the molecule is CC(C)N(CCNC1CCCc2[nH]c(=O)ccc21)C(C)C. The van der Waals surface area contributed by atoms with Gasteiger partial charge in [0.2, 0.25) is 5.56 Å². The molecule has 0 fully saturated rings. The molecule has 0 saturated heterocycles. The van der Waals surface area contributed by atoms with E-state index in [9.17, 15) is 4.79 Å². The Kier molecular flexibility index (Phi) is 5.59. The first-order chi connectivity index (χ1) is 9.99. The van der Waals surface area contributed by atoms with Gasteiger partial charge in [-0.25, -0.2) is 0 Å². The van der Waals surface area contributed by atoms with Crippen LogP contribution in [0, 0.1) is 0 Å². The number of aromatic amines is 1. The third kappa shape index (κ3) is 4.17. The van der Waals surface area contributed by atoms with E-state index in [1.807, 2.05) is 6.07 Å². The molecule has 1 aliphatic carbocycles. The smallest absolute Gasteiger partial charge is 0.248 e. The molecule has 4 heteroatoms. The van der Waals surface area contributed by atoms with Crippen LogP contribution in [-0.2, 0) is 6.42 Å². The van der Waals surface area contributed by atoms with Gasteiger partial charge in [-0.05, 0) is 52.5 Å². The van der Waals surface area contributed by atoms with Gasteiger partial charge in [0.05, 0.1) is 0 Å². The Morgan fingerprint density at radius 2 is 2.00 bits per heavy atom. The van der Waals surface area contributed by atoms with Crippen molar-refractivity contribution >= 4 is 0 Å². The van der Waals surface area contributed by atoms with Gasteiger partial charge in [-0.1, -0.05) is 6.07 Å². The van der Waals surface area contributed by atoms with Crippen LogP contribution in [0.25, 0.3) is 0 Å². The van der Waals surface area contributed by atoms with Crippen LogP contribution in [0.5, 0.6) is 0 Å². The van der Waals surface area contributed by atoms with Gasteiger partial charge in [0.25, 0.3) is 0 Å². The highest BCUT2D eigenvalue weighted by Crippen LogP contribution is 2.27. The highest BCUT2D eigenvalue weighted by molar-refractivity contribution is 5.26. The topological polar surface area (TPSA) is 48.1 Å². The molecule has 0 saturated carbocycles. The molecular weight excluding hydrogens is 262 g/mol. The van der Waals surface area contributed by atoms with Crippen LogP contribution in [0.4, 0.5) is 0 Å². The maximum atomic E-state index is 11.4. The van der Waals surface area contributed by atoms with Gasteiger partial charge in [0.1, 0.15) is 0 Å². The second kappa shape index (κ2) is 7.23. The van der Waals surface area contributed by atoms with Gasteiger partial charge in [0, 0.05) is 43.0 Å². The standard InChI is InChI=1S/C17H29N3O/c1-12(2)20(13(3)4)11-10-18-15-6-5-7-16-14(15)8-9-17(21)19-16/h8-9,12-13,15,18H,5-7,10-11H2,1-4H3,(H,19,21). The lowest BCUT2D eigenvalue weighted by Gasteiger charge is -2.32. The zero-order chi connectivity index (χ0) is 15.4. The number of rotatable bonds is 6. The highest BCUT2D eigenvalue weighted by Gasteiger charge is 2.21. The van der Waals surface area contributed by atoms with Crippen molar-refractivity contribution in [2.24, 2.45) is 0 Å². The zero-order valence-corrected chi connectivity index (χ0v) is 13.8. The minimum atomic E-state index is 0.0141. The summed E-state index contributed by atoms with van der Waals surface area (Å²) in [7, 11) is 0. The molecule has 0 bridgehead atoms. The Morgan fingerprint density at radius 3 is 2.67 bits per heavy atom. The van der Waals surface area contributed by atoms with Gasteiger partial charge >= 0.3 is 0 Å². The predicted molar refractivity (Wildman–Crippen MR) is 87.7 cm³/mol. The maximum absolute atomic E-state index is 11.4. The number of hydrogen-bond donors (Lipinski definition) is 2. The molecule has 1 aliphatic rings. The lowest BCUT2D eigenvalue weighted by molar-refractivity contribution is 0.173. The van der Waals surface area contributed by atoms with Crippen LogP contribution in [-0.4, -0.2) is 35.1 Å². The Labute approximate surface area is 127 Å². The van der Waals surface area contributed by atoms with Crippen molar-refractivity contribution in [3.63, 3.8) is 0 Å². The number of hydrogen-bond acceptors (Lipinski definition) is 3. The molecule has 1 aromatic heterocycles. The van der Waals surface area contributed by atoms with Crippen molar-refractivity contribution < 1.29 is 0 Å². The van der Waals surface area contributed by atoms with E-state index in [4.69, 9.17) is 0 Å². The summed E-state index contributed by atoms with van der Waals surface area (Å²) in [5, 5.41) is 3.67. The fraction of sp³-hybridized carbons (Fsp3) is 0.706. The number of fused-ring (bicyclic) bond motifs is 1. The normalized spacial score (nSPS) is 18.5. The predicted octanol–water partition coefficient (Wildman–Crippen LogP) is 2.46. The van der Waals surface area contributed by atoms with E-state index in [0.29, 0.717) is 18.1 Å². The fourth-order valence-electron chi connectivity index (χ4n) is 3.39. The first kappa shape index (κ1) is 16.2. The second-order valence-corrected chi connectivity index (χ2v) is 6.58. The molecule has 4 nitrogen and oxygen atoms in total. The third-order valence-electron chi connectivity index (χ3n) is 4.42. The van der Waals surface area contributed by atoms with Gasteiger partial charge in [-0.15, -0.1) is 0 Å². The fourth-order valence-corrected chi connectivity index (χ4v) is 3.39. The van der Waals surface area contributed by atoms with Crippen LogP contribution >= 0.6 is 0 Å². The lowest BCUT2D eigenvalue weighted by Crippen LogP contribution is -2.42. The number of nitrogens with zero attached hydrogens (tertiary/aromatic N) is 1. The van der Waals surface area contributed by atoms with Crippen molar-refractivity contribution in [1.82, 2.24) is 15.2 Å². The molecular formula is C17H29N3O. The molecule has 0 aromatic carbocycles. The quantitative estimate of drug-likeness (QED) is 0.846. The third-order valence-corrected chi connectivity index (χ3v) is 4.42. The first-order valence-electron chi connectivity index (χ1n) is 8.20. The van der Waals surface area contributed by atoms with Crippen molar-refractivity contribution in [3.05, 3.63) is 33.7 Å². The molecule has 0 spiro atoms. The van der Waals surface area contributed by atoms with E-state index in [-0.39, 0.29) is 5.56 Å². The van der Waals surface area contributed by atoms with Crippen molar-refractivity contribution in [1.29, 1.82) is 0 Å². The highest BCUT2D eigenvalue weighted by atomic mass is 16.1. The molecule has 0 aliphatic heterocycles. The van der Waals surface area contributed by atoms with E-state index in [1.54, 1.807) is 6.07 Å². The van der Waals surface area contributed by atoms with Crippen molar-refractivity contribution in [2.45, 2.75) is 65.1 Å². The Hall–Kier alpha value is -1.13. The molecule has 21 heavy (non-hydrogen) atoms. The van der Waals surface area contributed by atoms with Crippen molar-refractivity contribution in [3.8, 4) is 0 Å². The molecule has 1 aromatic rings. The summed E-state index contributed by atoms with van der Waals surface area (Å²) in [4.78, 5) is 16.9. The second-order valence-electron chi connectivity index (χ2n) is 6.58. The summed E-state index contributed by atoms with van der Waals surface area (Å²) in [6.07, 6.45) is 3.29. The molecule has 2 rings (SSSR count). The van der Waals surface area contributed by atoms with Crippen LogP contribution in [0.3, 0.4) is 0 Å². The number of aryl methyl sites for hydroxylation is 1. The Morgan fingerprint density at radius 1 is 1.29 bits per heavy atom. The largest absolute Gasteiger partial charge is 0.326 e. The number of H-pyrrole nitrogens is 1. The first-order valence-corrected chi connectivity index (χ1v) is 8.20. The summed E-state index contributed by atoms with van der Waals surface area (Å²) in [6, 6.07) is 5.16. The molecule has 1 heterocycles. The van der Waals surface area contributed by atoms with E-state index < -0.39 is 0 Å². The number of aromatic nitrogens is 1. The summed E-state index contributed by atoms with van der Waals surface area (Å²) in [6.45, 7) is 11.0. The number of pyridine rings is 1. The van der Waals surface area contributed by atoms with Crippen LogP contribution in [0.1, 0.15) is 57.8 Å². The molecule has 2 N–H and O–H groups in total. The van der Waals surface area contributed by atoms with Gasteiger partial charge < -0.3 is 10.3 Å². The average Bonchev–Trinajstić information content (AvgIpc) is 2.42. The van der Waals surface area contributed by atoms with E-state index in [0.717, 1.165) is 38.0 Å². The van der Waals surface area contributed by atoms with Crippen LogP contribution in [0.15, 0.2) is 16.9 Å². The molecule has 0 radical (unpaired) electrons. The Balaban J connectivity index is 1.95. The maximum Gasteiger partial charge on any atom is 0.248 e. The average molecular weight is 291 g/mol. The minimum absolute atomic E-state index is 0.0141. The summed E-state index contributed by atoms with van der Waals surface area (Å²) < 4.78 is 0. The van der Waals surface area contributed by atoms with E-state index in [2.05, 4.69) is 42.9 Å². The molecule has 118 valence electrons. The monoisotopic (exact) mass is 291 g/mol. The number of nitrogens with one attached hydrogen (secondary N) is 2. The molecule has 1 atom stereocenters. The van der Waals surface area contributed by atoms with Gasteiger partial charge in [-0.3, -0.25) is 9.69 Å². The molecule has 0 amide bonds. The lowest BCUT2D eigenvalue weighted by atomic mass is 9.91. The molecule has 1 unspecified atom stereocenters. The van der Waals surface area contributed by atoms with Gasteiger partial charge in [-0.2, -0.15) is 0 Å².